The van der Waals surface area contributed by atoms with Crippen molar-refractivity contribution in [1.29, 1.82) is 0 Å². The summed E-state index contributed by atoms with van der Waals surface area (Å²) in [7, 11) is 3.12. The maximum absolute atomic E-state index is 12.7. The fourth-order valence-electron chi connectivity index (χ4n) is 3.35. The van der Waals surface area contributed by atoms with E-state index in [0.717, 1.165) is 11.3 Å². The molecule has 35 heavy (non-hydrogen) atoms. The normalized spacial score (nSPS) is 10.6. The summed E-state index contributed by atoms with van der Waals surface area (Å²) in [6.07, 6.45) is 0. The Morgan fingerprint density at radius 1 is 0.914 bits per heavy atom. The fourth-order valence-corrected chi connectivity index (χ4v) is 4.11. The number of methoxy groups -OCH3 is 2. The predicted molar refractivity (Wildman–Crippen MR) is 135 cm³/mol. The number of carbonyl (C=O) groups is 1. The summed E-state index contributed by atoms with van der Waals surface area (Å²) in [5.41, 5.74) is 1.64. The van der Waals surface area contributed by atoms with Gasteiger partial charge in [0.2, 0.25) is 5.91 Å². The molecule has 1 N–H and O–H groups in total. The van der Waals surface area contributed by atoms with E-state index in [1.165, 1.54) is 11.8 Å². The van der Waals surface area contributed by atoms with Crippen molar-refractivity contribution in [3.63, 3.8) is 0 Å². The van der Waals surface area contributed by atoms with Crippen molar-refractivity contribution in [3.8, 4) is 17.2 Å². The summed E-state index contributed by atoms with van der Waals surface area (Å²) >= 11 is 1.31. The predicted octanol–water partition coefficient (Wildman–Crippen LogP) is 4.65. The third-order valence-corrected chi connectivity index (χ3v) is 6.07. The lowest BCUT2D eigenvalue weighted by Gasteiger charge is -2.13. The number of amides is 1. The fraction of sp³-hybridized carbons (Fsp3) is 0.192. The van der Waals surface area contributed by atoms with E-state index in [2.05, 4.69) is 15.5 Å². The lowest BCUT2D eigenvalue weighted by atomic mass is 10.2. The zero-order valence-corrected chi connectivity index (χ0v) is 20.3. The molecule has 0 bridgehead atoms. The molecule has 0 saturated carbocycles. The standard InChI is InChI=1S/C26H26N4O4S/c1-32-21-13-14-23(33-2)22(15-21)27-25(31)18-35-26-29-28-24(17-34-20-11-7-4-8-12-20)30(26)16-19-9-5-3-6-10-19/h3-15H,16-18H2,1-2H3,(H,27,31). The van der Waals surface area contributed by atoms with E-state index in [4.69, 9.17) is 14.2 Å². The molecule has 0 radical (unpaired) electrons. The van der Waals surface area contributed by atoms with E-state index in [9.17, 15) is 4.79 Å². The van der Waals surface area contributed by atoms with Gasteiger partial charge in [-0.1, -0.05) is 60.3 Å². The summed E-state index contributed by atoms with van der Waals surface area (Å²) in [5.74, 6) is 2.55. The van der Waals surface area contributed by atoms with Crippen LogP contribution in [-0.2, 0) is 17.9 Å². The van der Waals surface area contributed by atoms with Crippen LogP contribution in [0.25, 0.3) is 0 Å². The van der Waals surface area contributed by atoms with Gasteiger partial charge in [0, 0.05) is 6.07 Å². The van der Waals surface area contributed by atoms with Gasteiger partial charge in [-0.3, -0.25) is 9.36 Å². The number of thioether (sulfide) groups is 1. The zero-order chi connectivity index (χ0) is 24.5. The Morgan fingerprint density at radius 3 is 2.37 bits per heavy atom. The molecule has 0 spiro atoms. The van der Waals surface area contributed by atoms with Crippen molar-refractivity contribution in [1.82, 2.24) is 14.8 Å². The van der Waals surface area contributed by atoms with Crippen LogP contribution in [0.4, 0.5) is 5.69 Å². The van der Waals surface area contributed by atoms with Crippen LogP contribution in [-0.4, -0.2) is 40.6 Å². The highest BCUT2D eigenvalue weighted by Crippen LogP contribution is 2.29. The first-order valence-corrected chi connectivity index (χ1v) is 11.9. The second kappa shape index (κ2) is 11.9. The molecular weight excluding hydrogens is 464 g/mol. The highest BCUT2D eigenvalue weighted by molar-refractivity contribution is 7.99. The number of anilines is 1. The number of hydrogen-bond acceptors (Lipinski definition) is 7. The van der Waals surface area contributed by atoms with Gasteiger partial charge in [0.25, 0.3) is 0 Å². The molecule has 8 nitrogen and oxygen atoms in total. The molecule has 1 amide bonds. The zero-order valence-electron chi connectivity index (χ0n) is 19.5. The summed E-state index contributed by atoms with van der Waals surface area (Å²) in [6.45, 7) is 0.826. The van der Waals surface area contributed by atoms with Gasteiger partial charge in [-0.25, -0.2) is 0 Å². The molecule has 0 aliphatic carbocycles. The van der Waals surface area contributed by atoms with Gasteiger partial charge < -0.3 is 19.5 Å². The van der Waals surface area contributed by atoms with Gasteiger partial charge in [0.1, 0.15) is 23.9 Å². The van der Waals surface area contributed by atoms with Gasteiger partial charge in [-0.2, -0.15) is 0 Å². The number of benzene rings is 3. The van der Waals surface area contributed by atoms with Crippen LogP contribution in [0, 0.1) is 0 Å². The Bertz CT molecular complexity index is 1250. The van der Waals surface area contributed by atoms with Crippen LogP contribution in [0.2, 0.25) is 0 Å². The van der Waals surface area contributed by atoms with E-state index < -0.39 is 0 Å². The molecule has 9 heteroatoms. The summed E-state index contributed by atoms with van der Waals surface area (Å²) in [5, 5.41) is 12.2. The van der Waals surface area contributed by atoms with Crippen molar-refractivity contribution in [2.75, 3.05) is 25.3 Å². The van der Waals surface area contributed by atoms with E-state index >= 15 is 0 Å². The maximum Gasteiger partial charge on any atom is 0.234 e. The monoisotopic (exact) mass is 490 g/mol. The van der Waals surface area contributed by atoms with E-state index in [1.54, 1.807) is 32.4 Å². The molecule has 0 atom stereocenters. The Morgan fingerprint density at radius 2 is 1.66 bits per heavy atom. The molecule has 180 valence electrons. The number of nitrogens with one attached hydrogen (secondary N) is 1. The van der Waals surface area contributed by atoms with Crippen LogP contribution < -0.4 is 19.5 Å². The summed E-state index contributed by atoms with van der Waals surface area (Å²) in [4.78, 5) is 12.7. The largest absolute Gasteiger partial charge is 0.497 e. The van der Waals surface area contributed by atoms with Crippen molar-refractivity contribution >= 4 is 23.4 Å². The first-order valence-electron chi connectivity index (χ1n) is 10.9. The molecule has 0 aliphatic heterocycles. The Balaban J connectivity index is 1.47. The van der Waals surface area contributed by atoms with Gasteiger partial charge in [-0.05, 0) is 29.8 Å². The average Bonchev–Trinajstić information content (AvgIpc) is 3.28. The topological polar surface area (TPSA) is 87.5 Å². The molecule has 4 aromatic rings. The Hall–Kier alpha value is -3.98. The Kier molecular flexibility index (Phi) is 8.24. The number of rotatable bonds is 11. The minimum Gasteiger partial charge on any atom is -0.497 e. The maximum atomic E-state index is 12.7. The minimum atomic E-state index is -0.196. The molecule has 1 heterocycles. The molecule has 0 unspecified atom stereocenters. The molecular formula is C26H26N4O4S. The van der Waals surface area contributed by atoms with Crippen LogP contribution >= 0.6 is 11.8 Å². The van der Waals surface area contributed by atoms with Gasteiger partial charge in [-0.15, -0.1) is 10.2 Å². The van der Waals surface area contributed by atoms with E-state index in [0.29, 0.717) is 34.7 Å². The number of para-hydroxylation sites is 1. The number of hydrogen-bond donors (Lipinski definition) is 1. The van der Waals surface area contributed by atoms with Crippen molar-refractivity contribution in [2.45, 2.75) is 18.3 Å². The third kappa shape index (κ3) is 6.54. The van der Waals surface area contributed by atoms with Gasteiger partial charge >= 0.3 is 0 Å². The molecule has 3 aromatic carbocycles. The van der Waals surface area contributed by atoms with Crippen LogP contribution in [0.15, 0.2) is 84.0 Å². The highest BCUT2D eigenvalue weighted by atomic mass is 32.2. The highest BCUT2D eigenvalue weighted by Gasteiger charge is 2.16. The van der Waals surface area contributed by atoms with Crippen LogP contribution in [0.3, 0.4) is 0 Å². The average molecular weight is 491 g/mol. The van der Waals surface area contributed by atoms with E-state index in [-0.39, 0.29) is 18.3 Å². The van der Waals surface area contributed by atoms with Crippen molar-refractivity contribution in [2.24, 2.45) is 0 Å². The molecule has 4 rings (SSSR count). The number of ether oxygens (including phenoxy) is 3. The summed E-state index contributed by atoms with van der Waals surface area (Å²) < 4.78 is 18.5. The van der Waals surface area contributed by atoms with Crippen molar-refractivity contribution in [3.05, 3.63) is 90.3 Å². The SMILES string of the molecule is COc1ccc(OC)c(NC(=O)CSc2nnc(COc3ccccc3)n2Cc2ccccc2)c1. The quantitative estimate of drug-likeness (QED) is 0.306. The lowest BCUT2D eigenvalue weighted by molar-refractivity contribution is -0.113. The first kappa shape index (κ1) is 24.2. The first-order chi connectivity index (χ1) is 17.2. The smallest absolute Gasteiger partial charge is 0.234 e. The molecule has 0 fully saturated rings. The number of aromatic nitrogens is 3. The minimum absolute atomic E-state index is 0.146. The van der Waals surface area contributed by atoms with Crippen molar-refractivity contribution < 1.29 is 19.0 Å². The molecule has 0 aliphatic rings. The Labute approximate surface area is 208 Å². The van der Waals surface area contributed by atoms with Crippen LogP contribution in [0.5, 0.6) is 17.2 Å². The summed E-state index contributed by atoms with van der Waals surface area (Å²) in [6, 6.07) is 24.8. The molecule has 0 saturated heterocycles. The van der Waals surface area contributed by atoms with Gasteiger partial charge in [0.15, 0.2) is 11.0 Å². The number of carbonyl (C=O) groups excluding carboxylic acids is 1. The lowest BCUT2D eigenvalue weighted by Crippen LogP contribution is -2.16. The van der Waals surface area contributed by atoms with Crippen LogP contribution in [0.1, 0.15) is 11.4 Å². The number of nitrogens with zero attached hydrogens (tertiary/aromatic N) is 3. The van der Waals surface area contributed by atoms with Gasteiger partial charge in [0.05, 0.1) is 32.2 Å². The third-order valence-electron chi connectivity index (χ3n) is 5.10. The van der Waals surface area contributed by atoms with E-state index in [1.807, 2.05) is 65.2 Å². The second-order valence-corrected chi connectivity index (χ2v) is 8.42. The molecule has 1 aromatic heterocycles. The second-order valence-electron chi connectivity index (χ2n) is 7.48.